The standard InChI is InChI=1S/C22H27N3O3S/c1-5-28-18-11-12-19-20(15-18)29-22(23-19)25(14-6-13-24(2)3)21(26)16-7-9-17(27-4)10-8-16/h7-12,15H,5-6,13-14H2,1-4H3. The van der Waals surface area contributed by atoms with Crippen molar-refractivity contribution in [1.82, 2.24) is 9.88 Å². The number of aromatic nitrogens is 1. The van der Waals surface area contributed by atoms with E-state index in [4.69, 9.17) is 14.5 Å². The van der Waals surface area contributed by atoms with E-state index in [-0.39, 0.29) is 5.91 Å². The predicted molar refractivity (Wildman–Crippen MR) is 119 cm³/mol. The molecule has 3 rings (SSSR count). The number of fused-ring (bicyclic) bond motifs is 1. The molecule has 0 N–H and O–H groups in total. The van der Waals surface area contributed by atoms with Crippen molar-refractivity contribution in [2.24, 2.45) is 0 Å². The highest BCUT2D eigenvalue weighted by Gasteiger charge is 2.21. The summed E-state index contributed by atoms with van der Waals surface area (Å²) >= 11 is 1.51. The van der Waals surface area contributed by atoms with E-state index in [1.807, 2.05) is 39.2 Å². The number of benzene rings is 2. The molecule has 6 nitrogen and oxygen atoms in total. The first-order valence-corrected chi connectivity index (χ1v) is 10.5. The van der Waals surface area contributed by atoms with Gasteiger partial charge in [-0.3, -0.25) is 9.69 Å². The first kappa shape index (κ1) is 21.1. The topological polar surface area (TPSA) is 54.9 Å². The van der Waals surface area contributed by atoms with Crippen LogP contribution in [0.25, 0.3) is 10.2 Å². The normalized spacial score (nSPS) is 11.1. The summed E-state index contributed by atoms with van der Waals surface area (Å²) in [4.78, 5) is 21.9. The summed E-state index contributed by atoms with van der Waals surface area (Å²) in [5, 5.41) is 0.702. The molecule has 3 aromatic rings. The van der Waals surface area contributed by atoms with Crippen LogP contribution in [0, 0.1) is 0 Å². The minimum atomic E-state index is -0.0597. The van der Waals surface area contributed by atoms with Crippen molar-refractivity contribution in [2.75, 3.05) is 45.8 Å². The largest absolute Gasteiger partial charge is 0.497 e. The number of ether oxygens (including phenoxy) is 2. The van der Waals surface area contributed by atoms with Gasteiger partial charge in [-0.05, 0) is 76.4 Å². The van der Waals surface area contributed by atoms with Crippen LogP contribution >= 0.6 is 11.3 Å². The van der Waals surface area contributed by atoms with Gasteiger partial charge in [-0.25, -0.2) is 4.98 Å². The molecule has 1 amide bonds. The van der Waals surface area contributed by atoms with Crippen molar-refractivity contribution in [3.63, 3.8) is 0 Å². The fourth-order valence-electron chi connectivity index (χ4n) is 2.98. The molecule has 2 aromatic carbocycles. The van der Waals surface area contributed by atoms with Gasteiger partial charge in [0.05, 0.1) is 23.9 Å². The van der Waals surface area contributed by atoms with E-state index in [9.17, 15) is 4.79 Å². The maximum absolute atomic E-state index is 13.3. The van der Waals surface area contributed by atoms with Crippen LogP contribution in [-0.2, 0) is 0 Å². The first-order valence-electron chi connectivity index (χ1n) is 9.66. The van der Waals surface area contributed by atoms with E-state index < -0.39 is 0 Å². The van der Waals surface area contributed by atoms with Crippen LogP contribution in [-0.4, -0.2) is 56.7 Å². The first-order chi connectivity index (χ1) is 14.0. The second kappa shape index (κ2) is 9.71. The molecule has 154 valence electrons. The zero-order valence-electron chi connectivity index (χ0n) is 17.3. The molecular weight excluding hydrogens is 386 g/mol. The lowest BCUT2D eigenvalue weighted by atomic mass is 10.2. The highest BCUT2D eigenvalue weighted by molar-refractivity contribution is 7.22. The molecule has 1 heterocycles. The Morgan fingerprint density at radius 1 is 1.07 bits per heavy atom. The Hall–Kier alpha value is -2.64. The number of carbonyl (C=O) groups is 1. The minimum absolute atomic E-state index is 0.0597. The average Bonchev–Trinajstić information content (AvgIpc) is 3.14. The third-order valence-electron chi connectivity index (χ3n) is 4.46. The number of carbonyl (C=O) groups excluding carboxylic acids is 1. The van der Waals surface area contributed by atoms with Crippen molar-refractivity contribution >= 4 is 32.6 Å². The van der Waals surface area contributed by atoms with E-state index in [0.717, 1.165) is 34.7 Å². The number of methoxy groups -OCH3 is 1. The zero-order valence-corrected chi connectivity index (χ0v) is 18.2. The lowest BCUT2D eigenvalue weighted by Crippen LogP contribution is -2.33. The van der Waals surface area contributed by atoms with E-state index >= 15 is 0 Å². The quantitative estimate of drug-likeness (QED) is 0.523. The number of anilines is 1. The molecule has 0 atom stereocenters. The fraction of sp³-hybridized carbons (Fsp3) is 0.364. The van der Waals surface area contributed by atoms with Crippen LogP contribution in [0.5, 0.6) is 11.5 Å². The predicted octanol–water partition coefficient (Wildman–Crippen LogP) is 4.30. The summed E-state index contributed by atoms with van der Waals surface area (Å²) in [6.07, 6.45) is 0.856. The average molecular weight is 414 g/mol. The molecule has 0 spiro atoms. The summed E-state index contributed by atoms with van der Waals surface area (Å²) in [5.74, 6) is 1.48. The molecule has 0 radical (unpaired) electrons. The third-order valence-corrected chi connectivity index (χ3v) is 5.50. The van der Waals surface area contributed by atoms with Gasteiger partial charge in [-0.1, -0.05) is 11.3 Å². The maximum atomic E-state index is 13.3. The number of thiazole rings is 1. The highest BCUT2D eigenvalue weighted by atomic mass is 32.1. The van der Waals surface area contributed by atoms with E-state index in [1.54, 1.807) is 36.3 Å². The molecule has 0 fully saturated rings. The Morgan fingerprint density at radius 3 is 2.45 bits per heavy atom. The van der Waals surface area contributed by atoms with E-state index in [1.165, 1.54) is 11.3 Å². The van der Waals surface area contributed by atoms with Gasteiger partial charge in [0, 0.05) is 12.1 Å². The van der Waals surface area contributed by atoms with Gasteiger partial charge in [0.2, 0.25) is 0 Å². The van der Waals surface area contributed by atoms with E-state index in [0.29, 0.717) is 23.8 Å². The minimum Gasteiger partial charge on any atom is -0.497 e. The monoisotopic (exact) mass is 413 g/mol. The molecule has 0 aliphatic rings. The molecule has 29 heavy (non-hydrogen) atoms. The Bertz CT molecular complexity index is 954. The van der Waals surface area contributed by atoms with Gasteiger partial charge in [-0.2, -0.15) is 0 Å². The number of nitrogens with zero attached hydrogens (tertiary/aromatic N) is 3. The Labute approximate surface area is 175 Å². The molecule has 0 aliphatic heterocycles. The second-order valence-corrected chi connectivity index (χ2v) is 7.91. The van der Waals surface area contributed by atoms with Gasteiger partial charge in [0.15, 0.2) is 5.13 Å². The molecule has 7 heteroatoms. The van der Waals surface area contributed by atoms with Crippen molar-refractivity contribution in [3.05, 3.63) is 48.0 Å². The van der Waals surface area contributed by atoms with Crippen molar-refractivity contribution < 1.29 is 14.3 Å². The van der Waals surface area contributed by atoms with Gasteiger partial charge in [0.1, 0.15) is 11.5 Å². The van der Waals surface area contributed by atoms with Crippen LogP contribution in [0.1, 0.15) is 23.7 Å². The van der Waals surface area contributed by atoms with Crippen molar-refractivity contribution in [2.45, 2.75) is 13.3 Å². The van der Waals surface area contributed by atoms with Gasteiger partial charge >= 0.3 is 0 Å². The Balaban J connectivity index is 1.91. The number of amides is 1. The highest BCUT2D eigenvalue weighted by Crippen LogP contribution is 2.32. The summed E-state index contributed by atoms with van der Waals surface area (Å²) < 4.78 is 11.8. The summed E-state index contributed by atoms with van der Waals surface area (Å²) in [6, 6.07) is 13.0. The lowest BCUT2D eigenvalue weighted by molar-refractivity contribution is 0.0986. The summed E-state index contributed by atoms with van der Waals surface area (Å²) in [6.45, 7) is 4.07. The SMILES string of the molecule is CCOc1ccc2nc(N(CCCN(C)C)C(=O)c3ccc(OC)cc3)sc2c1. The summed E-state index contributed by atoms with van der Waals surface area (Å²) in [7, 11) is 5.67. The molecule has 0 saturated heterocycles. The lowest BCUT2D eigenvalue weighted by Gasteiger charge is -2.21. The summed E-state index contributed by atoms with van der Waals surface area (Å²) in [5.41, 5.74) is 1.48. The number of hydrogen-bond donors (Lipinski definition) is 0. The van der Waals surface area contributed by atoms with Crippen LogP contribution < -0.4 is 14.4 Å². The van der Waals surface area contributed by atoms with Gasteiger partial charge in [-0.15, -0.1) is 0 Å². The molecule has 0 unspecified atom stereocenters. The molecule has 0 aliphatic carbocycles. The zero-order chi connectivity index (χ0) is 20.8. The molecule has 0 bridgehead atoms. The fourth-order valence-corrected chi connectivity index (χ4v) is 4.00. The van der Waals surface area contributed by atoms with Crippen LogP contribution in [0.3, 0.4) is 0 Å². The van der Waals surface area contributed by atoms with Gasteiger partial charge in [0.25, 0.3) is 5.91 Å². The van der Waals surface area contributed by atoms with Crippen LogP contribution in [0.15, 0.2) is 42.5 Å². The maximum Gasteiger partial charge on any atom is 0.260 e. The smallest absolute Gasteiger partial charge is 0.260 e. The van der Waals surface area contributed by atoms with E-state index in [2.05, 4.69) is 4.90 Å². The van der Waals surface area contributed by atoms with Gasteiger partial charge < -0.3 is 14.4 Å². The number of rotatable bonds is 9. The second-order valence-electron chi connectivity index (χ2n) is 6.90. The van der Waals surface area contributed by atoms with Crippen LogP contribution in [0.2, 0.25) is 0 Å². The van der Waals surface area contributed by atoms with Crippen molar-refractivity contribution in [3.8, 4) is 11.5 Å². The molecule has 0 saturated carbocycles. The molecule has 1 aromatic heterocycles. The Kier molecular flexibility index (Phi) is 7.06. The Morgan fingerprint density at radius 2 is 1.79 bits per heavy atom. The molecular formula is C22H27N3O3S. The van der Waals surface area contributed by atoms with Crippen LogP contribution in [0.4, 0.5) is 5.13 Å². The van der Waals surface area contributed by atoms with Crippen molar-refractivity contribution in [1.29, 1.82) is 0 Å². The third kappa shape index (κ3) is 5.25. The number of hydrogen-bond acceptors (Lipinski definition) is 6.